The molecule has 2 aliphatic rings. The fraction of sp³-hybridized carbons (Fsp3) is 0.333. The minimum absolute atomic E-state index is 0.00705. The van der Waals surface area contributed by atoms with Gasteiger partial charge in [-0.15, -0.1) is 11.8 Å². The molecule has 0 spiro atoms. The quantitative estimate of drug-likeness (QED) is 0.673. The minimum Gasteiger partial charge on any atom is -0.482 e. The molecule has 0 saturated carbocycles. The zero-order chi connectivity index (χ0) is 20.4. The van der Waals surface area contributed by atoms with Crippen molar-refractivity contribution in [1.82, 2.24) is 0 Å². The first-order valence-corrected chi connectivity index (χ1v) is 10.3. The summed E-state index contributed by atoms with van der Waals surface area (Å²) in [5.41, 5.74) is 2.46. The Morgan fingerprint density at radius 1 is 1.24 bits per heavy atom. The summed E-state index contributed by atoms with van der Waals surface area (Å²) in [6.07, 6.45) is -0.183. The first kappa shape index (κ1) is 19.7. The third kappa shape index (κ3) is 4.38. The number of carbonyl (C=O) groups excluding carboxylic acids is 2. The summed E-state index contributed by atoms with van der Waals surface area (Å²) in [6.45, 7) is 2.55. The molecule has 0 aromatic heterocycles. The Morgan fingerprint density at radius 3 is 2.66 bits per heavy atom. The van der Waals surface area contributed by atoms with Crippen molar-refractivity contribution in [2.45, 2.75) is 18.4 Å². The monoisotopic (exact) mass is 417 g/mol. The van der Waals surface area contributed by atoms with E-state index in [1.54, 1.807) is 35.2 Å². The lowest BCUT2D eigenvalue weighted by Crippen LogP contribution is -2.38. The summed E-state index contributed by atoms with van der Waals surface area (Å²) in [5, 5.41) is -0.215. The van der Waals surface area contributed by atoms with Gasteiger partial charge in [-0.1, -0.05) is 12.1 Å². The molecule has 2 heterocycles. The van der Waals surface area contributed by atoms with Crippen molar-refractivity contribution in [3.05, 3.63) is 59.4 Å². The van der Waals surface area contributed by atoms with Crippen LogP contribution in [0.3, 0.4) is 0 Å². The average molecular weight is 417 g/mol. The topological polar surface area (TPSA) is 65.1 Å². The Labute approximate surface area is 171 Å². The number of amides is 1. The lowest BCUT2D eigenvalue weighted by molar-refractivity contribution is -0.174. The van der Waals surface area contributed by atoms with Gasteiger partial charge in [0, 0.05) is 5.69 Å². The summed E-state index contributed by atoms with van der Waals surface area (Å²) in [5.74, 6) is 0.118. The van der Waals surface area contributed by atoms with Gasteiger partial charge in [0.2, 0.25) is 5.91 Å². The Kier molecular flexibility index (Phi) is 5.73. The fourth-order valence-electron chi connectivity index (χ4n) is 3.19. The number of anilines is 1. The molecule has 1 amide bonds. The number of aryl methyl sites for hydroxylation is 1. The van der Waals surface area contributed by atoms with Crippen LogP contribution < -0.4 is 9.64 Å². The maximum atomic E-state index is 13.3. The molecule has 0 bridgehead atoms. The Morgan fingerprint density at radius 2 is 2.00 bits per heavy atom. The van der Waals surface area contributed by atoms with E-state index in [2.05, 4.69) is 0 Å². The van der Waals surface area contributed by atoms with Gasteiger partial charge in [0.1, 0.15) is 23.0 Å². The van der Waals surface area contributed by atoms with E-state index in [1.807, 2.05) is 6.92 Å². The zero-order valence-corrected chi connectivity index (χ0v) is 16.6. The van der Waals surface area contributed by atoms with Gasteiger partial charge in [-0.3, -0.25) is 9.69 Å². The van der Waals surface area contributed by atoms with Gasteiger partial charge >= 0.3 is 5.97 Å². The van der Waals surface area contributed by atoms with Gasteiger partial charge in [-0.25, -0.2) is 9.18 Å². The highest BCUT2D eigenvalue weighted by Crippen LogP contribution is 2.43. The van der Waals surface area contributed by atoms with E-state index in [0.717, 1.165) is 16.8 Å². The number of benzene rings is 2. The highest BCUT2D eigenvalue weighted by molar-refractivity contribution is 8.00. The molecule has 1 atom stereocenters. The smallest absolute Gasteiger partial charge is 0.344 e. The van der Waals surface area contributed by atoms with Crippen LogP contribution >= 0.6 is 11.8 Å². The van der Waals surface area contributed by atoms with Crippen molar-refractivity contribution >= 4 is 29.3 Å². The number of carbonyl (C=O) groups is 2. The summed E-state index contributed by atoms with van der Waals surface area (Å²) in [4.78, 5) is 26.0. The SMILES string of the molecule is Cc1cc(OCC(=O)OC2COC2)ccc1N1C(=O)CSC1c1ccc(F)cc1. The van der Waals surface area contributed by atoms with Crippen LogP contribution in [0, 0.1) is 12.7 Å². The van der Waals surface area contributed by atoms with Crippen LogP contribution in [0.25, 0.3) is 0 Å². The third-order valence-corrected chi connectivity index (χ3v) is 5.93. The Balaban J connectivity index is 1.46. The molecule has 152 valence electrons. The Bertz CT molecular complexity index is 916. The second-order valence-corrected chi connectivity index (χ2v) is 7.93. The molecule has 2 saturated heterocycles. The number of hydrogen-bond donors (Lipinski definition) is 0. The van der Waals surface area contributed by atoms with Crippen LogP contribution in [0.5, 0.6) is 5.75 Å². The van der Waals surface area contributed by atoms with E-state index in [9.17, 15) is 14.0 Å². The van der Waals surface area contributed by atoms with Crippen LogP contribution in [0.1, 0.15) is 16.5 Å². The zero-order valence-electron chi connectivity index (χ0n) is 15.8. The molecule has 2 aliphatic heterocycles. The molecule has 29 heavy (non-hydrogen) atoms. The number of hydrogen-bond acceptors (Lipinski definition) is 6. The number of rotatable bonds is 6. The maximum absolute atomic E-state index is 13.3. The number of thioether (sulfide) groups is 1. The van der Waals surface area contributed by atoms with Crippen LogP contribution in [0.4, 0.5) is 10.1 Å². The molecular weight excluding hydrogens is 397 g/mol. The van der Waals surface area contributed by atoms with Crippen molar-refractivity contribution in [3.8, 4) is 5.75 Å². The van der Waals surface area contributed by atoms with Crippen molar-refractivity contribution < 1.29 is 28.2 Å². The molecule has 2 aromatic carbocycles. The lowest BCUT2D eigenvalue weighted by Gasteiger charge is -2.26. The second-order valence-electron chi connectivity index (χ2n) is 6.86. The highest BCUT2D eigenvalue weighted by atomic mass is 32.2. The third-order valence-electron chi connectivity index (χ3n) is 4.71. The Hall–Kier alpha value is -2.58. The molecule has 1 unspecified atom stereocenters. The highest BCUT2D eigenvalue weighted by Gasteiger charge is 2.34. The maximum Gasteiger partial charge on any atom is 0.344 e. The molecule has 0 N–H and O–H groups in total. The number of ether oxygens (including phenoxy) is 3. The second kappa shape index (κ2) is 8.42. The predicted octanol–water partition coefficient (Wildman–Crippen LogP) is 3.23. The van der Waals surface area contributed by atoms with Gasteiger partial charge in [-0.2, -0.15) is 0 Å². The van der Waals surface area contributed by atoms with E-state index >= 15 is 0 Å². The first-order valence-electron chi connectivity index (χ1n) is 9.21. The van der Waals surface area contributed by atoms with Crippen LogP contribution in [0.2, 0.25) is 0 Å². The normalized spacial score (nSPS) is 19.2. The van der Waals surface area contributed by atoms with Crippen molar-refractivity contribution in [1.29, 1.82) is 0 Å². The molecular formula is C21H20FNO5S. The van der Waals surface area contributed by atoms with Gasteiger partial charge in [-0.05, 0) is 48.4 Å². The molecule has 2 aromatic rings. The van der Waals surface area contributed by atoms with Gasteiger partial charge in [0.15, 0.2) is 6.61 Å². The summed E-state index contributed by atoms with van der Waals surface area (Å²) < 4.78 is 28.9. The van der Waals surface area contributed by atoms with E-state index in [0.29, 0.717) is 24.7 Å². The number of nitrogens with zero attached hydrogens (tertiary/aromatic N) is 1. The van der Waals surface area contributed by atoms with Crippen molar-refractivity contribution in [2.75, 3.05) is 30.5 Å². The first-order chi connectivity index (χ1) is 14.0. The van der Waals surface area contributed by atoms with E-state index in [4.69, 9.17) is 14.2 Å². The van der Waals surface area contributed by atoms with Crippen molar-refractivity contribution in [3.63, 3.8) is 0 Å². The summed E-state index contributed by atoms with van der Waals surface area (Å²) >= 11 is 1.50. The molecule has 2 fully saturated rings. The van der Waals surface area contributed by atoms with Crippen molar-refractivity contribution in [2.24, 2.45) is 0 Å². The van der Waals surface area contributed by atoms with E-state index in [1.165, 1.54) is 23.9 Å². The minimum atomic E-state index is -0.442. The standard InChI is InChI=1S/C21H20FNO5S/c1-13-8-16(27-11-20(25)28-17-9-26-10-17)6-7-18(13)23-19(24)12-29-21(23)14-2-4-15(22)5-3-14/h2-8,17,21H,9-12H2,1H3. The fourth-order valence-corrected chi connectivity index (χ4v) is 4.36. The van der Waals surface area contributed by atoms with E-state index in [-0.39, 0.29) is 29.8 Å². The van der Waals surface area contributed by atoms with Crippen LogP contribution in [-0.2, 0) is 19.1 Å². The summed E-state index contributed by atoms with van der Waals surface area (Å²) in [7, 11) is 0. The number of halogens is 1. The van der Waals surface area contributed by atoms with Gasteiger partial charge in [0.25, 0.3) is 0 Å². The largest absolute Gasteiger partial charge is 0.482 e. The summed E-state index contributed by atoms with van der Waals surface area (Å²) in [6, 6.07) is 11.5. The molecule has 8 heteroatoms. The molecule has 0 radical (unpaired) electrons. The van der Waals surface area contributed by atoms with Crippen LogP contribution in [-0.4, -0.2) is 43.6 Å². The molecule has 4 rings (SSSR count). The van der Waals surface area contributed by atoms with E-state index < -0.39 is 5.97 Å². The lowest BCUT2D eigenvalue weighted by atomic mass is 10.1. The average Bonchev–Trinajstić information content (AvgIpc) is 3.05. The number of esters is 1. The van der Waals surface area contributed by atoms with Gasteiger partial charge in [0.05, 0.1) is 19.0 Å². The van der Waals surface area contributed by atoms with Crippen LogP contribution in [0.15, 0.2) is 42.5 Å². The molecule has 0 aliphatic carbocycles. The molecule has 6 nitrogen and oxygen atoms in total. The van der Waals surface area contributed by atoms with Gasteiger partial charge < -0.3 is 14.2 Å². The predicted molar refractivity (Wildman–Crippen MR) is 106 cm³/mol.